The van der Waals surface area contributed by atoms with Crippen molar-refractivity contribution in [1.82, 2.24) is 19.3 Å². The molecule has 2 heterocycles. The van der Waals surface area contributed by atoms with Crippen LogP contribution in [0.3, 0.4) is 0 Å². The van der Waals surface area contributed by atoms with Crippen LogP contribution in [0.1, 0.15) is 0 Å². The van der Waals surface area contributed by atoms with Crippen molar-refractivity contribution in [3.05, 3.63) is 109 Å². The van der Waals surface area contributed by atoms with Crippen LogP contribution in [0.4, 0.5) is 0 Å². The number of aromatic nitrogens is 4. The van der Waals surface area contributed by atoms with E-state index in [0.29, 0.717) is 21.6 Å². The predicted molar refractivity (Wildman–Crippen MR) is 116 cm³/mol. The highest BCUT2D eigenvalue weighted by Crippen LogP contribution is 2.17. The van der Waals surface area contributed by atoms with Gasteiger partial charge in [0.05, 0.1) is 27.4 Å². The minimum absolute atomic E-state index is 0.0196. The zero-order valence-corrected chi connectivity index (χ0v) is 16.1. The second kappa shape index (κ2) is 6.82. The molecule has 0 saturated carbocycles. The van der Waals surface area contributed by atoms with Crippen LogP contribution in [-0.4, -0.2) is 19.3 Å². The largest absolute Gasteiger partial charge is 0.280 e. The third-order valence-corrected chi connectivity index (χ3v) is 5.11. The Morgan fingerprint density at radius 1 is 0.733 bits per heavy atom. The van der Waals surface area contributed by atoms with E-state index in [1.165, 1.54) is 4.57 Å². The number of nitrogens with zero attached hydrogens (tertiary/aromatic N) is 3. The Labute approximate surface area is 173 Å². The number of halogens is 1. The zero-order valence-electron chi connectivity index (χ0n) is 15.4. The summed E-state index contributed by atoms with van der Waals surface area (Å²) in [6.07, 6.45) is 0. The molecule has 7 nitrogen and oxygen atoms in total. The third kappa shape index (κ3) is 2.75. The number of H-pyrrole nitrogens is 1. The molecule has 146 valence electrons. The van der Waals surface area contributed by atoms with Gasteiger partial charge in [0.1, 0.15) is 0 Å². The summed E-state index contributed by atoms with van der Waals surface area (Å²) in [6, 6.07) is 19.9. The summed E-state index contributed by atoms with van der Waals surface area (Å²) in [5.41, 5.74) is -0.466. The van der Waals surface area contributed by atoms with Crippen molar-refractivity contribution < 1.29 is 0 Å². The van der Waals surface area contributed by atoms with Gasteiger partial charge in [0, 0.05) is 5.02 Å². The Kier molecular flexibility index (Phi) is 4.11. The van der Waals surface area contributed by atoms with E-state index < -0.39 is 11.1 Å². The number of rotatable bonds is 2. The average Bonchev–Trinajstić information content (AvgIpc) is 2.77. The van der Waals surface area contributed by atoms with E-state index in [-0.39, 0.29) is 22.3 Å². The minimum Gasteiger partial charge on any atom is -0.268 e. The Morgan fingerprint density at radius 2 is 1.37 bits per heavy atom. The van der Waals surface area contributed by atoms with Crippen molar-refractivity contribution in [3.63, 3.8) is 0 Å². The van der Waals surface area contributed by atoms with Gasteiger partial charge < -0.3 is 0 Å². The molecule has 3 aromatic carbocycles. The highest BCUT2D eigenvalue weighted by Gasteiger charge is 2.17. The van der Waals surface area contributed by atoms with Gasteiger partial charge in [-0.25, -0.2) is 9.55 Å². The number of aromatic amines is 1. The van der Waals surface area contributed by atoms with Crippen LogP contribution in [0, 0.1) is 0 Å². The molecule has 0 atom stereocenters. The fourth-order valence-electron chi connectivity index (χ4n) is 3.44. The SMILES string of the molecule is O=c1[nH]n(-c2nc3ccccc3c(=O)n2-c2ccc(Cl)cc2)c(=O)c2ccccc12. The van der Waals surface area contributed by atoms with Crippen molar-refractivity contribution in [2.75, 3.05) is 0 Å². The maximum absolute atomic E-state index is 13.4. The third-order valence-electron chi connectivity index (χ3n) is 4.86. The second-order valence-electron chi connectivity index (χ2n) is 6.67. The summed E-state index contributed by atoms with van der Waals surface area (Å²) in [5, 5.41) is 3.92. The number of nitrogens with one attached hydrogen (secondary N) is 1. The second-order valence-corrected chi connectivity index (χ2v) is 7.11. The molecule has 0 bridgehead atoms. The first-order valence-corrected chi connectivity index (χ1v) is 9.44. The molecule has 5 rings (SSSR count). The molecule has 0 aliphatic heterocycles. The first-order chi connectivity index (χ1) is 14.5. The zero-order chi connectivity index (χ0) is 20.8. The van der Waals surface area contributed by atoms with Crippen molar-refractivity contribution in [2.24, 2.45) is 0 Å². The molecular formula is C22H13ClN4O3. The van der Waals surface area contributed by atoms with Crippen LogP contribution in [-0.2, 0) is 0 Å². The van der Waals surface area contributed by atoms with Gasteiger partial charge in [-0.2, -0.15) is 4.68 Å². The van der Waals surface area contributed by atoms with E-state index in [2.05, 4.69) is 10.1 Å². The maximum Gasteiger partial charge on any atom is 0.280 e. The van der Waals surface area contributed by atoms with Crippen LogP contribution in [0.25, 0.3) is 33.3 Å². The van der Waals surface area contributed by atoms with Crippen LogP contribution < -0.4 is 16.7 Å². The van der Waals surface area contributed by atoms with Gasteiger partial charge in [0.25, 0.3) is 16.7 Å². The Bertz CT molecular complexity index is 1620. The predicted octanol–water partition coefficient (Wildman–Crippen LogP) is 3.03. The molecular weight excluding hydrogens is 404 g/mol. The fourth-order valence-corrected chi connectivity index (χ4v) is 3.56. The van der Waals surface area contributed by atoms with Gasteiger partial charge in [-0.3, -0.25) is 19.5 Å². The summed E-state index contributed by atoms with van der Waals surface area (Å²) >= 11 is 6.00. The van der Waals surface area contributed by atoms with Gasteiger partial charge in [-0.15, -0.1) is 0 Å². The summed E-state index contributed by atoms with van der Waals surface area (Å²) in [4.78, 5) is 43.7. The van der Waals surface area contributed by atoms with E-state index in [0.717, 1.165) is 4.68 Å². The summed E-state index contributed by atoms with van der Waals surface area (Å²) in [5.74, 6) is -0.0196. The molecule has 1 N–H and O–H groups in total. The molecule has 0 fully saturated rings. The average molecular weight is 417 g/mol. The van der Waals surface area contributed by atoms with Gasteiger partial charge in [-0.1, -0.05) is 35.9 Å². The Balaban J connectivity index is 1.96. The van der Waals surface area contributed by atoms with Crippen LogP contribution in [0.2, 0.25) is 5.02 Å². The Hall–Kier alpha value is -3.97. The normalized spacial score (nSPS) is 11.2. The molecule has 2 aromatic heterocycles. The van der Waals surface area contributed by atoms with E-state index in [4.69, 9.17) is 11.6 Å². The smallest absolute Gasteiger partial charge is 0.268 e. The standard InChI is InChI=1S/C22H13ClN4O3/c23-13-9-11-14(12-10-13)26-20(29)17-7-3-4-8-18(17)24-22(26)27-21(30)16-6-2-1-5-15(16)19(28)25-27/h1-12H,(H,25,28). The summed E-state index contributed by atoms with van der Waals surface area (Å²) in [6.45, 7) is 0. The quantitative estimate of drug-likeness (QED) is 0.479. The van der Waals surface area contributed by atoms with Crippen molar-refractivity contribution in [3.8, 4) is 11.6 Å². The number of fused-ring (bicyclic) bond motifs is 2. The maximum atomic E-state index is 13.4. The highest BCUT2D eigenvalue weighted by atomic mass is 35.5. The number of para-hydroxylation sites is 1. The van der Waals surface area contributed by atoms with Gasteiger partial charge in [-0.05, 0) is 48.5 Å². The molecule has 0 unspecified atom stereocenters. The van der Waals surface area contributed by atoms with E-state index in [1.807, 2.05) is 0 Å². The molecule has 30 heavy (non-hydrogen) atoms. The first-order valence-electron chi connectivity index (χ1n) is 9.07. The van der Waals surface area contributed by atoms with Crippen LogP contribution in [0.5, 0.6) is 0 Å². The van der Waals surface area contributed by atoms with Gasteiger partial charge >= 0.3 is 0 Å². The van der Waals surface area contributed by atoms with Crippen LogP contribution >= 0.6 is 11.6 Å². The number of hydrogen-bond donors (Lipinski definition) is 1. The highest BCUT2D eigenvalue weighted by molar-refractivity contribution is 6.30. The lowest BCUT2D eigenvalue weighted by Crippen LogP contribution is -2.34. The van der Waals surface area contributed by atoms with E-state index in [1.54, 1.807) is 72.8 Å². The fraction of sp³-hybridized carbons (Fsp3) is 0. The lowest BCUT2D eigenvalue weighted by Gasteiger charge is -2.15. The van der Waals surface area contributed by atoms with Gasteiger partial charge in [0.15, 0.2) is 0 Å². The molecule has 0 aliphatic rings. The molecule has 0 spiro atoms. The Morgan fingerprint density at radius 3 is 2.10 bits per heavy atom. The molecule has 0 radical (unpaired) electrons. The monoisotopic (exact) mass is 416 g/mol. The molecule has 0 amide bonds. The number of benzene rings is 3. The van der Waals surface area contributed by atoms with Crippen molar-refractivity contribution >= 4 is 33.3 Å². The van der Waals surface area contributed by atoms with Crippen molar-refractivity contribution in [1.29, 1.82) is 0 Å². The van der Waals surface area contributed by atoms with Crippen LogP contribution in [0.15, 0.2) is 87.2 Å². The summed E-state index contributed by atoms with van der Waals surface area (Å²) in [7, 11) is 0. The molecule has 0 aliphatic carbocycles. The number of hydrogen-bond acceptors (Lipinski definition) is 4. The van der Waals surface area contributed by atoms with Crippen molar-refractivity contribution in [2.45, 2.75) is 0 Å². The minimum atomic E-state index is -0.491. The lowest BCUT2D eigenvalue weighted by atomic mass is 10.2. The lowest BCUT2D eigenvalue weighted by molar-refractivity contribution is 0.716. The molecule has 5 aromatic rings. The van der Waals surface area contributed by atoms with E-state index in [9.17, 15) is 14.4 Å². The first kappa shape index (κ1) is 18.1. The topological polar surface area (TPSA) is 89.8 Å². The molecule has 8 heteroatoms. The summed E-state index contributed by atoms with van der Waals surface area (Å²) < 4.78 is 2.29. The molecule has 0 saturated heterocycles. The van der Waals surface area contributed by atoms with Gasteiger partial charge in [0.2, 0.25) is 5.95 Å². The van der Waals surface area contributed by atoms with E-state index >= 15 is 0 Å².